The molecule has 2 aliphatic rings. The summed E-state index contributed by atoms with van der Waals surface area (Å²) in [7, 11) is 0. The Kier molecular flexibility index (Phi) is 3.08. The first-order valence-corrected chi connectivity index (χ1v) is 10.7. The second-order valence-electron chi connectivity index (χ2n) is 8.21. The predicted octanol–water partition coefficient (Wildman–Crippen LogP) is 7.84. The van der Waals surface area contributed by atoms with Crippen molar-refractivity contribution in [2.45, 2.75) is 5.41 Å². The van der Waals surface area contributed by atoms with E-state index >= 15 is 0 Å². The van der Waals surface area contributed by atoms with E-state index in [-0.39, 0.29) is 5.41 Å². The summed E-state index contributed by atoms with van der Waals surface area (Å²) in [6.45, 7) is 0. The van der Waals surface area contributed by atoms with E-state index in [4.69, 9.17) is 11.6 Å². The van der Waals surface area contributed by atoms with E-state index in [1.54, 1.807) is 0 Å². The number of fused-ring (bicyclic) bond motifs is 12. The van der Waals surface area contributed by atoms with Crippen LogP contribution in [-0.4, -0.2) is 0 Å². The summed E-state index contributed by atoms with van der Waals surface area (Å²) in [6.07, 6.45) is 0. The normalized spacial score (nSPS) is 14.4. The van der Waals surface area contributed by atoms with E-state index in [1.165, 1.54) is 49.9 Å². The monoisotopic (exact) mass is 400 g/mol. The number of rotatable bonds is 0. The Balaban J connectivity index is 1.79. The Morgan fingerprint density at radius 1 is 0.467 bits per heavy atom. The molecule has 0 fully saturated rings. The molecular weight excluding hydrogens is 384 g/mol. The van der Waals surface area contributed by atoms with Crippen LogP contribution in [0.25, 0.3) is 33.0 Å². The van der Waals surface area contributed by atoms with E-state index in [9.17, 15) is 0 Å². The molecule has 1 heteroatoms. The van der Waals surface area contributed by atoms with Crippen molar-refractivity contribution < 1.29 is 0 Å². The van der Waals surface area contributed by atoms with Gasteiger partial charge < -0.3 is 0 Å². The Bertz CT molecular complexity index is 1460. The van der Waals surface area contributed by atoms with Gasteiger partial charge in [0.25, 0.3) is 0 Å². The van der Waals surface area contributed by atoms with Gasteiger partial charge in [-0.1, -0.05) is 109 Å². The molecule has 0 radical (unpaired) electrons. The van der Waals surface area contributed by atoms with Crippen molar-refractivity contribution >= 4 is 22.4 Å². The van der Waals surface area contributed by atoms with Gasteiger partial charge in [-0.2, -0.15) is 0 Å². The van der Waals surface area contributed by atoms with Crippen LogP contribution in [0.4, 0.5) is 0 Å². The Morgan fingerprint density at radius 3 is 1.47 bits per heavy atom. The van der Waals surface area contributed by atoms with Gasteiger partial charge in [0.15, 0.2) is 0 Å². The van der Waals surface area contributed by atoms with Crippen LogP contribution in [-0.2, 0) is 5.41 Å². The highest BCUT2D eigenvalue weighted by molar-refractivity contribution is 6.36. The fourth-order valence-corrected chi connectivity index (χ4v) is 6.20. The van der Waals surface area contributed by atoms with Gasteiger partial charge in [0.1, 0.15) is 0 Å². The average Bonchev–Trinajstić information content (AvgIpc) is 3.27. The Hall–Kier alpha value is -3.35. The van der Waals surface area contributed by atoms with Gasteiger partial charge >= 0.3 is 0 Å². The zero-order valence-electron chi connectivity index (χ0n) is 16.2. The molecule has 0 aliphatic heterocycles. The molecule has 0 atom stereocenters. The van der Waals surface area contributed by atoms with Gasteiger partial charge in [0.05, 0.1) is 5.41 Å². The second-order valence-corrected chi connectivity index (χ2v) is 8.62. The number of benzene rings is 5. The van der Waals surface area contributed by atoms with E-state index in [2.05, 4.69) is 103 Å². The van der Waals surface area contributed by atoms with Gasteiger partial charge in [-0.05, 0) is 56.0 Å². The lowest BCUT2D eigenvalue weighted by Gasteiger charge is -2.31. The lowest BCUT2D eigenvalue weighted by molar-refractivity contribution is 0.801. The van der Waals surface area contributed by atoms with E-state index in [1.807, 2.05) is 0 Å². The van der Waals surface area contributed by atoms with Crippen molar-refractivity contribution in [3.05, 3.63) is 130 Å². The van der Waals surface area contributed by atoms with E-state index in [0.717, 1.165) is 10.4 Å². The van der Waals surface area contributed by atoms with Gasteiger partial charge in [-0.15, -0.1) is 0 Å². The molecular formula is C29H17Cl. The molecule has 30 heavy (non-hydrogen) atoms. The summed E-state index contributed by atoms with van der Waals surface area (Å²) in [5.41, 5.74) is 10.3. The first kappa shape index (κ1) is 16.4. The van der Waals surface area contributed by atoms with Crippen LogP contribution in [0.2, 0.25) is 5.02 Å². The zero-order valence-corrected chi connectivity index (χ0v) is 16.9. The van der Waals surface area contributed by atoms with Gasteiger partial charge in [-0.25, -0.2) is 0 Å². The Labute approximate surface area is 180 Å². The van der Waals surface area contributed by atoms with Crippen molar-refractivity contribution in [1.82, 2.24) is 0 Å². The molecule has 5 aromatic carbocycles. The third kappa shape index (κ3) is 1.75. The van der Waals surface area contributed by atoms with Crippen molar-refractivity contribution in [3.8, 4) is 22.3 Å². The molecule has 7 rings (SSSR count). The van der Waals surface area contributed by atoms with Crippen LogP contribution in [0.5, 0.6) is 0 Å². The maximum Gasteiger partial charge on any atom is 0.0731 e. The van der Waals surface area contributed by atoms with Gasteiger partial charge in [-0.3, -0.25) is 0 Å². The summed E-state index contributed by atoms with van der Waals surface area (Å²) in [6, 6.07) is 37.4. The minimum atomic E-state index is -0.316. The van der Waals surface area contributed by atoms with E-state index < -0.39 is 0 Å². The highest BCUT2D eigenvalue weighted by Gasteiger charge is 2.52. The highest BCUT2D eigenvalue weighted by atomic mass is 35.5. The molecule has 0 aromatic heterocycles. The molecule has 0 heterocycles. The first-order valence-electron chi connectivity index (χ1n) is 10.3. The van der Waals surface area contributed by atoms with Gasteiger partial charge in [0, 0.05) is 10.4 Å². The van der Waals surface area contributed by atoms with E-state index in [0.29, 0.717) is 0 Å². The van der Waals surface area contributed by atoms with Crippen molar-refractivity contribution in [1.29, 1.82) is 0 Å². The lowest BCUT2D eigenvalue weighted by atomic mass is 9.69. The van der Waals surface area contributed by atoms with Crippen LogP contribution in [0, 0.1) is 0 Å². The lowest BCUT2D eigenvalue weighted by Crippen LogP contribution is -2.26. The first-order chi connectivity index (χ1) is 14.8. The zero-order chi connectivity index (χ0) is 19.9. The molecule has 140 valence electrons. The van der Waals surface area contributed by atoms with Crippen molar-refractivity contribution in [2.75, 3.05) is 0 Å². The summed E-state index contributed by atoms with van der Waals surface area (Å²) in [4.78, 5) is 0. The second kappa shape index (κ2) is 5.62. The molecule has 0 amide bonds. The molecule has 2 aliphatic carbocycles. The fourth-order valence-electron chi connectivity index (χ4n) is 5.92. The summed E-state index contributed by atoms with van der Waals surface area (Å²) in [5, 5.41) is 3.17. The minimum Gasteiger partial charge on any atom is -0.0836 e. The van der Waals surface area contributed by atoms with Crippen LogP contribution in [0.1, 0.15) is 22.3 Å². The minimum absolute atomic E-state index is 0.316. The molecule has 1 spiro atoms. The molecule has 0 N–H and O–H groups in total. The maximum absolute atomic E-state index is 6.80. The topological polar surface area (TPSA) is 0 Å². The fraction of sp³-hybridized carbons (Fsp3) is 0.0345. The third-order valence-corrected chi connectivity index (χ3v) is 7.26. The van der Waals surface area contributed by atoms with Gasteiger partial charge in [0.2, 0.25) is 0 Å². The number of halogens is 1. The average molecular weight is 401 g/mol. The quantitative estimate of drug-likeness (QED) is 0.243. The SMILES string of the molecule is Clc1cc2c(c3ccccc13)C1(c3ccccc3-c3ccccc31)c1ccccc1-2. The number of hydrogen-bond donors (Lipinski definition) is 0. The molecule has 0 saturated carbocycles. The largest absolute Gasteiger partial charge is 0.0836 e. The number of hydrogen-bond acceptors (Lipinski definition) is 0. The van der Waals surface area contributed by atoms with Crippen molar-refractivity contribution in [3.63, 3.8) is 0 Å². The predicted molar refractivity (Wildman–Crippen MR) is 125 cm³/mol. The standard InChI is InChI=1S/C29H17Cl/c30-27-17-23-20-11-5-8-16-26(20)29(28(23)22-13-2-1-12-21(22)27)24-14-6-3-9-18(24)19-10-4-7-15-25(19)29/h1-17H. The van der Waals surface area contributed by atoms with Crippen LogP contribution < -0.4 is 0 Å². The molecule has 0 bridgehead atoms. The summed E-state index contributed by atoms with van der Waals surface area (Å²) in [5.74, 6) is 0. The molecule has 0 nitrogen and oxygen atoms in total. The smallest absolute Gasteiger partial charge is 0.0731 e. The highest BCUT2D eigenvalue weighted by Crippen LogP contribution is 2.64. The summed E-state index contributed by atoms with van der Waals surface area (Å²) < 4.78 is 0. The molecule has 0 unspecified atom stereocenters. The summed E-state index contributed by atoms with van der Waals surface area (Å²) >= 11 is 6.80. The maximum atomic E-state index is 6.80. The molecule has 5 aromatic rings. The molecule has 0 saturated heterocycles. The Morgan fingerprint density at radius 2 is 0.900 bits per heavy atom. The van der Waals surface area contributed by atoms with Crippen LogP contribution in [0.3, 0.4) is 0 Å². The van der Waals surface area contributed by atoms with Crippen LogP contribution in [0.15, 0.2) is 103 Å². The van der Waals surface area contributed by atoms with Crippen molar-refractivity contribution in [2.24, 2.45) is 0 Å². The van der Waals surface area contributed by atoms with Crippen LogP contribution >= 0.6 is 11.6 Å². The third-order valence-electron chi connectivity index (χ3n) is 6.94.